The normalized spacial score (nSPS) is 21.1. The van der Waals surface area contributed by atoms with E-state index in [2.05, 4.69) is 23.8 Å². The second kappa shape index (κ2) is 4.84. The molecule has 0 aromatic carbocycles. The van der Waals surface area contributed by atoms with Gasteiger partial charge < -0.3 is 0 Å². The molecule has 0 aliphatic carbocycles. The highest BCUT2D eigenvalue weighted by molar-refractivity contribution is 6.02. The Morgan fingerprint density at radius 3 is 3.07 bits per heavy atom. The van der Waals surface area contributed by atoms with Crippen LogP contribution in [0, 0.1) is 17.2 Å². The third-order valence-electron chi connectivity index (χ3n) is 1.86. The van der Waals surface area contributed by atoms with Crippen LogP contribution < -0.4 is 5.84 Å². The maximum atomic E-state index is 8.62. The lowest BCUT2D eigenvalue weighted by Gasteiger charge is -2.25. The van der Waals surface area contributed by atoms with Crippen LogP contribution in [-0.4, -0.2) is 29.8 Å². The molecule has 0 fully saturated rings. The third-order valence-corrected chi connectivity index (χ3v) is 1.86. The van der Waals surface area contributed by atoms with Gasteiger partial charge in [0, 0.05) is 19.2 Å². The van der Waals surface area contributed by atoms with E-state index in [-0.39, 0.29) is 12.0 Å². The predicted molar refractivity (Wildman–Crippen MR) is 55.7 cm³/mol. The van der Waals surface area contributed by atoms with Crippen molar-refractivity contribution in [2.75, 3.05) is 6.54 Å². The van der Waals surface area contributed by atoms with Crippen LogP contribution in [-0.2, 0) is 0 Å². The summed E-state index contributed by atoms with van der Waals surface area (Å²) in [5.74, 6) is 6.52. The molecule has 0 saturated carbocycles. The minimum Gasteiger partial charge on any atom is -0.267 e. The molecule has 0 saturated heterocycles. The molecule has 1 heterocycles. The SMILES string of the molecule is CC(C)CN(N)C1CC=NC(C#N)=N1. The van der Waals surface area contributed by atoms with Crippen molar-refractivity contribution in [1.82, 2.24) is 5.01 Å². The number of hydrogen-bond donors (Lipinski definition) is 1. The fraction of sp³-hybridized carbons (Fsp3) is 0.667. The standard InChI is InChI=1S/C9H15N5/c1-7(2)6-14(11)9-3-4-12-8(5-10)13-9/h4,7,9H,3,6,11H2,1-2H3. The molecule has 0 bridgehead atoms. The Morgan fingerprint density at radius 1 is 1.79 bits per heavy atom. The van der Waals surface area contributed by atoms with Crippen LogP contribution in [0.3, 0.4) is 0 Å². The predicted octanol–water partition coefficient (Wildman–Crippen LogP) is 0.541. The summed E-state index contributed by atoms with van der Waals surface area (Å²) in [5, 5.41) is 10.3. The highest BCUT2D eigenvalue weighted by atomic mass is 15.5. The second-order valence-corrected chi connectivity index (χ2v) is 3.68. The van der Waals surface area contributed by atoms with Crippen molar-refractivity contribution < 1.29 is 0 Å². The molecule has 5 heteroatoms. The van der Waals surface area contributed by atoms with Crippen molar-refractivity contribution in [3.63, 3.8) is 0 Å². The van der Waals surface area contributed by atoms with E-state index < -0.39 is 0 Å². The van der Waals surface area contributed by atoms with E-state index >= 15 is 0 Å². The number of amidine groups is 1. The molecule has 2 N–H and O–H groups in total. The molecule has 0 aromatic rings. The Bertz CT molecular complexity index is 286. The van der Waals surface area contributed by atoms with Gasteiger partial charge in [0.1, 0.15) is 12.2 Å². The summed E-state index contributed by atoms with van der Waals surface area (Å²) >= 11 is 0. The van der Waals surface area contributed by atoms with E-state index in [1.54, 1.807) is 11.2 Å². The Hall–Kier alpha value is -1.25. The molecule has 0 amide bonds. The van der Waals surface area contributed by atoms with Gasteiger partial charge in [-0.2, -0.15) is 5.26 Å². The van der Waals surface area contributed by atoms with Crippen LogP contribution in [0.25, 0.3) is 0 Å². The zero-order chi connectivity index (χ0) is 10.6. The van der Waals surface area contributed by atoms with Gasteiger partial charge >= 0.3 is 0 Å². The molecule has 0 aromatic heterocycles. The fourth-order valence-electron chi connectivity index (χ4n) is 1.27. The minimum absolute atomic E-state index is 0.135. The van der Waals surface area contributed by atoms with Crippen LogP contribution in [0.1, 0.15) is 20.3 Å². The largest absolute Gasteiger partial charge is 0.267 e. The van der Waals surface area contributed by atoms with Crippen LogP contribution in [0.2, 0.25) is 0 Å². The van der Waals surface area contributed by atoms with Gasteiger partial charge in [-0.05, 0) is 5.92 Å². The molecule has 1 rings (SSSR count). The fourth-order valence-corrected chi connectivity index (χ4v) is 1.27. The molecule has 1 unspecified atom stereocenters. The van der Waals surface area contributed by atoms with Crippen molar-refractivity contribution in [2.45, 2.75) is 26.4 Å². The van der Waals surface area contributed by atoms with Crippen LogP contribution >= 0.6 is 0 Å². The number of aliphatic imine (C=N–C) groups is 2. The quantitative estimate of drug-likeness (QED) is 0.525. The molecular weight excluding hydrogens is 178 g/mol. The lowest BCUT2D eigenvalue weighted by atomic mass is 10.2. The number of rotatable bonds is 3. The van der Waals surface area contributed by atoms with Crippen molar-refractivity contribution in [3.8, 4) is 6.07 Å². The van der Waals surface area contributed by atoms with E-state index in [4.69, 9.17) is 11.1 Å². The second-order valence-electron chi connectivity index (χ2n) is 3.68. The van der Waals surface area contributed by atoms with Gasteiger partial charge in [0.15, 0.2) is 0 Å². The first-order chi connectivity index (χ1) is 6.63. The number of hydrogen-bond acceptors (Lipinski definition) is 5. The molecule has 14 heavy (non-hydrogen) atoms. The van der Waals surface area contributed by atoms with Crippen LogP contribution in [0.5, 0.6) is 0 Å². The lowest BCUT2D eigenvalue weighted by Crippen LogP contribution is -2.43. The monoisotopic (exact) mass is 193 g/mol. The molecule has 0 radical (unpaired) electrons. The number of nitrogens with two attached hydrogens (primary N) is 1. The summed E-state index contributed by atoms with van der Waals surface area (Å²) < 4.78 is 0. The average molecular weight is 193 g/mol. The third kappa shape index (κ3) is 2.91. The van der Waals surface area contributed by atoms with Crippen molar-refractivity contribution in [2.24, 2.45) is 21.7 Å². The van der Waals surface area contributed by atoms with Gasteiger partial charge in [-0.15, -0.1) is 0 Å². The Balaban J connectivity index is 2.58. The van der Waals surface area contributed by atoms with Crippen LogP contribution in [0.15, 0.2) is 9.98 Å². The maximum Gasteiger partial charge on any atom is 0.228 e. The first-order valence-corrected chi connectivity index (χ1v) is 4.65. The Morgan fingerprint density at radius 2 is 2.50 bits per heavy atom. The lowest BCUT2D eigenvalue weighted by molar-refractivity contribution is 0.187. The first-order valence-electron chi connectivity index (χ1n) is 4.65. The van der Waals surface area contributed by atoms with Gasteiger partial charge in [-0.25, -0.2) is 15.0 Å². The minimum atomic E-state index is -0.135. The van der Waals surface area contributed by atoms with Gasteiger partial charge in [-0.3, -0.25) is 5.84 Å². The molecule has 1 aliphatic heterocycles. The van der Waals surface area contributed by atoms with E-state index in [9.17, 15) is 0 Å². The van der Waals surface area contributed by atoms with Crippen molar-refractivity contribution in [3.05, 3.63) is 0 Å². The van der Waals surface area contributed by atoms with E-state index in [0.717, 1.165) is 6.54 Å². The Labute approximate surface area is 83.9 Å². The smallest absolute Gasteiger partial charge is 0.228 e. The molecule has 76 valence electrons. The van der Waals surface area contributed by atoms with Crippen molar-refractivity contribution >= 4 is 12.1 Å². The molecule has 1 atom stereocenters. The topological polar surface area (TPSA) is 77.8 Å². The van der Waals surface area contributed by atoms with Gasteiger partial charge in [-0.1, -0.05) is 13.8 Å². The summed E-state index contributed by atoms with van der Waals surface area (Å²) in [6.45, 7) is 4.94. The zero-order valence-corrected chi connectivity index (χ0v) is 8.51. The first kappa shape index (κ1) is 10.8. The van der Waals surface area contributed by atoms with Crippen LogP contribution in [0.4, 0.5) is 0 Å². The molecule has 5 nitrogen and oxygen atoms in total. The van der Waals surface area contributed by atoms with E-state index in [1.165, 1.54) is 0 Å². The highest BCUT2D eigenvalue weighted by Crippen LogP contribution is 2.07. The molecular formula is C9H15N5. The number of nitrogens with zero attached hydrogens (tertiary/aromatic N) is 4. The van der Waals surface area contributed by atoms with E-state index in [0.29, 0.717) is 12.3 Å². The zero-order valence-electron chi connectivity index (χ0n) is 8.51. The summed E-state index contributed by atoms with van der Waals surface area (Å²) in [6.07, 6.45) is 2.23. The Kier molecular flexibility index (Phi) is 3.74. The van der Waals surface area contributed by atoms with Gasteiger partial charge in [0.2, 0.25) is 5.84 Å². The summed E-state index contributed by atoms with van der Waals surface area (Å²) in [7, 11) is 0. The van der Waals surface area contributed by atoms with E-state index in [1.807, 2.05) is 6.07 Å². The summed E-state index contributed by atoms with van der Waals surface area (Å²) in [4.78, 5) is 7.95. The highest BCUT2D eigenvalue weighted by Gasteiger charge is 2.17. The van der Waals surface area contributed by atoms with Gasteiger partial charge in [0.25, 0.3) is 0 Å². The van der Waals surface area contributed by atoms with Crippen molar-refractivity contribution in [1.29, 1.82) is 5.26 Å². The number of hydrazine groups is 1. The van der Waals surface area contributed by atoms with Gasteiger partial charge in [0.05, 0.1) is 0 Å². The maximum absolute atomic E-state index is 8.62. The molecule has 0 spiro atoms. The number of nitriles is 1. The average Bonchev–Trinajstić information content (AvgIpc) is 2.17. The molecule has 1 aliphatic rings. The summed E-state index contributed by atoms with van der Waals surface area (Å²) in [5.41, 5.74) is 0. The summed E-state index contributed by atoms with van der Waals surface area (Å²) in [6, 6.07) is 1.91.